The first kappa shape index (κ1) is 14.5. The molecule has 2 heterocycles. The van der Waals surface area contributed by atoms with Crippen LogP contribution in [0.3, 0.4) is 0 Å². The highest BCUT2D eigenvalue weighted by molar-refractivity contribution is 9.10. The Morgan fingerprint density at radius 1 is 1.33 bits per heavy atom. The Labute approximate surface area is 133 Å². The van der Waals surface area contributed by atoms with Crippen LogP contribution in [0.5, 0.6) is 5.75 Å². The molecule has 0 saturated heterocycles. The van der Waals surface area contributed by atoms with Crippen LogP contribution < -0.4 is 10.1 Å². The molecule has 1 aromatic carbocycles. The topological polar surface area (TPSA) is 34.2 Å². The van der Waals surface area contributed by atoms with E-state index in [0.29, 0.717) is 6.04 Å². The van der Waals surface area contributed by atoms with Crippen LogP contribution in [-0.2, 0) is 0 Å². The van der Waals surface area contributed by atoms with Crippen LogP contribution in [-0.4, -0.2) is 11.5 Å². The van der Waals surface area contributed by atoms with Gasteiger partial charge < -0.3 is 10.1 Å². The predicted molar refractivity (Wildman–Crippen MR) is 87.5 cm³/mol. The molecule has 0 spiro atoms. The molecule has 0 fully saturated rings. The quantitative estimate of drug-likeness (QED) is 0.898. The smallest absolute Gasteiger partial charge is 0.127 e. The fourth-order valence-electron chi connectivity index (χ4n) is 2.84. The van der Waals surface area contributed by atoms with Crippen LogP contribution >= 0.6 is 15.9 Å². The summed E-state index contributed by atoms with van der Waals surface area (Å²) in [6.45, 7) is 5.20. The number of fused-ring (bicyclic) bond motifs is 1. The van der Waals surface area contributed by atoms with Crippen molar-refractivity contribution in [1.29, 1.82) is 0 Å². The molecular weight excluding hydrogens is 328 g/mol. The second kappa shape index (κ2) is 6.16. The third kappa shape index (κ3) is 3.11. The number of benzene rings is 1. The average molecular weight is 347 g/mol. The molecule has 1 aliphatic heterocycles. The zero-order valence-electron chi connectivity index (χ0n) is 12.3. The molecule has 0 bridgehead atoms. The van der Waals surface area contributed by atoms with E-state index in [-0.39, 0.29) is 6.10 Å². The van der Waals surface area contributed by atoms with Crippen molar-refractivity contribution in [2.24, 2.45) is 0 Å². The fourth-order valence-corrected chi connectivity index (χ4v) is 3.22. The van der Waals surface area contributed by atoms with Crippen LogP contribution in [0.15, 0.2) is 41.1 Å². The van der Waals surface area contributed by atoms with E-state index in [0.717, 1.165) is 28.8 Å². The summed E-state index contributed by atoms with van der Waals surface area (Å²) < 4.78 is 7.19. The van der Waals surface area contributed by atoms with Gasteiger partial charge in [0.15, 0.2) is 0 Å². The standard InChI is InChI=1S/C17H19BrN2O/c1-3-20-15-8-17(12-7-13(18)10-19-9-12)21-16-5-4-11(2)6-14(15)16/h4-7,9-10,15,17,20H,3,8H2,1-2H3. The van der Waals surface area contributed by atoms with Crippen molar-refractivity contribution in [3.8, 4) is 5.75 Å². The van der Waals surface area contributed by atoms with Gasteiger partial charge >= 0.3 is 0 Å². The SMILES string of the molecule is CCNC1CC(c2cncc(Br)c2)Oc2ccc(C)cc21. The minimum absolute atomic E-state index is 0.0363. The lowest BCUT2D eigenvalue weighted by atomic mass is 9.92. The number of aryl methyl sites for hydroxylation is 1. The maximum Gasteiger partial charge on any atom is 0.127 e. The first-order chi connectivity index (χ1) is 10.2. The lowest BCUT2D eigenvalue weighted by Crippen LogP contribution is -2.29. The van der Waals surface area contributed by atoms with E-state index in [1.54, 1.807) is 6.20 Å². The van der Waals surface area contributed by atoms with Gasteiger partial charge in [-0.3, -0.25) is 4.98 Å². The summed E-state index contributed by atoms with van der Waals surface area (Å²) in [5.74, 6) is 0.975. The van der Waals surface area contributed by atoms with Crippen LogP contribution in [0.4, 0.5) is 0 Å². The highest BCUT2D eigenvalue weighted by Crippen LogP contribution is 2.41. The maximum atomic E-state index is 6.20. The molecule has 2 aromatic rings. The van der Waals surface area contributed by atoms with Gasteiger partial charge in [-0.25, -0.2) is 0 Å². The van der Waals surface area contributed by atoms with Gasteiger partial charge in [-0.15, -0.1) is 0 Å². The molecule has 2 atom stereocenters. The molecule has 110 valence electrons. The monoisotopic (exact) mass is 346 g/mol. The second-order valence-corrected chi connectivity index (χ2v) is 6.35. The highest BCUT2D eigenvalue weighted by Gasteiger charge is 2.29. The molecule has 2 unspecified atom stereocenters. The van der Waals surface area contributed by atoms with Crippen molar-refractivity contribution in [3.63, 3.8) is 0 Å². The van der Waals surface area contributed by atoms with Crippen molar-refractivity contribution in [2.45, 2.75) is 32.4 Å². The molecule has 0 aliphatic carbocycles. The minimum atomic E-state index is 0.0363. The lowest BCUT2D eigenvalue weighted by molar-refractivity contribution is 0.151. The number of hydrogen-bond donors (Lipinski definition) is 1. The lowest BCUT2D eigenvalue weighted by Gasteiger charge is -2.33. The average Bonchev–Trinajstić information content (AvgIpc) is 2.48. The molecule has 4 heteroatoms. The van der Waals surface area contributed by atoms with Crippen molar-refractivity contribution in [3.05, 3.63) is 57.8 Å². The third-order valence-electron chi connectivity index (χ3n) is 3.81. The minimum Gasteiger partial charge on any atom is -0.485 e. The number of ether oxygens (including phenoxy) is 1. The Morgan fingerprint density at radius 2 is 2.19 bits per heavy atom. The Morgan fingerprint density at radius 3 is 2.95 bits per heavy atom. The third-order valence-corrected chi connectivity index (χ3v) is 4.24. The number of halogens is 1. The van der Waals surface area contributed by atoms with Gasteiger partial charge in [0.25, 0.3) is 0 Å². The van der Waals surface area contributed by atoms with Gasteiger partial charge in [-0.2, -0.15) is 0 Å². The van der Waals surface area contributed by atoms with Crippen LogP contribution in [0.2, 0.25) is 0 Å². The number of hydrogen-bond acceptors (Lipinski definition) is 3. The Bertz CT molecular complexity index is 644. The fraction of sp³-hybridized carbons (Fsp3) is 0.353. The second-order valence-electron chi connectivity index (χ2n) is 5.43. The van der Waals surface area contributed by atoms with Crippen molar-refractivity contribution < 1.29 is 4.74 Å². The van der Waals surface area contributed by atoms with E-state index in [4.69, 9.17) is 4.74 Å². The van der Waals surface area contributed by atoms with Crippen molar-refractivity contribution in [1.82, 2.24) is 10.3 Å². The molecule has 1 aromatic heterocycles. The van der Waals surface area contributed by atoms with E-state index < -0.39 is 0 Å². The Hall–Kier alpha value is -1.39. The van der Waals surface area contributed by atoms with Gasteiger partial charge in [0.1, 0.15) is 11.9 Å². The largest absolute Gasteiger partial charge is 0.485 e. The van der Waals surface area contributed by atoms with Gasteiger partial charge in [0, 0.05) is 40.5 Å². The Kier molecular flexibility index (Phi) is 4.27. The molecule has 3 rings (SSSR count). The molecule has 0 radical (unpaired) electrons. The number of nitrogens with zero attached hydrogens (tertiary/aromatic N) is 1. The summed E-state index contributed by atoms with van der Waals surface area (Å²) in [6, 6.07) is 8.80. The van der Waals surface area contributed by atoms with E-state index in [2.05, 4.69) is 64.3 Å². The molecule has 0 saturated carbocycles. The summed E-state index contributed by atoms with van der Waals surface area (Å²) in [6.07, 6.45) is 4.64. The summed E-state index contributed by atoms with van der Waals surface area (Å²) in [5.41, 5.74) is 3.64. The number of nitrogens with one attached hydrogen (secondary N) is 1. The summed E-state index contributed by atoms with van der Waals surface area (Å²) >= 11 is 3.48. The number of pyridine rings is 1. The molecule has 1 N–H and O–H groups in total. The van der Waals surface area contributed by atoms with Gasteiger partial charge in [-0.05, 0) is 41.5 Å². The van der Waals surface area contributed by atoms with Crippen molar-refractivity contribution >= 4 is 15.9 Å². The van der Waals surface area contributed by atoms with E-state index >= 15 is 0 Å². The Balaban J connectivity index is 1.95. The molecular formula is C17H19BrN2O. The van der Waals surface area contributed by atoms with Gasteiger partial charge in [0.2, 0.25) is 0 Å². The van der Waals surface area contributed by atoms with Gasteiger partial charge in [0.05, 0.1) is 0 Å². The summed E-state index contributed by atoms with van der Waals surface area (Å²) in [7, 11) is 0. The molecule has 0 amide bonds. The molecule has 1 aliphatic rings. The summed E-state index contributed by atoms with van der Waals surface area (Å²) in [5, 5.41) is 3.57. The van der Waals surface area contributed by atoms with E-state index in [9.17, 15) is 0 Å². The number of rotatable bonds is 3. The van der Waals surface area contributed by atoms with Crippen molar-refractivity contribution in [2.75, 3.05) is 6.54 Å². The molecule has 3 nitrogen and oxygen atoms in total. The normalized spacial score (nSPS) is 20.7. The van der Waals surface area contributed by atoms with Crippen LogP contribution in [0.25, 0.3) is 0 Å². The zero-order valence-corrected chi connectivity index (χ0v) is 13.9. The number of aromatic nitrogens is 1. The van der Waals surface area contributed by atoms with Crippen LogP contribution in [0.1, 0.15) is 42.2 Å². The van der Waals surface area contributed by atoms with Gasteiger partial charge in [-0.1, -0.05) is 24.6 Å². The highest BCUT2D eigenvalue weighted by atomic mass is 79.9. The first-order valence-electron chi connectivity index (χ1n) is 7.28. The predicted octanol–water partition coefficient (Wildman–Crippen LogP) is 4.33. The zero-order chi connectivity index (χ0) is 14.8. The van der Waals surface area contributed by atoms with E-state index in [1.807, 2.05) is 6.20 Å². The van der Waals surface area contributed by atoms with Crippen LogP contribution in [0, 0.1) is 6.92 Å². The maximum absolute atomic E-state index is 6.20. The summed E-state index contributed by atoms with van der Waals surface area (Å²) in [4.78, 5) is 4.25. The first-order valence-corrected chi connectivity index (χ1v) is 8.07. The van der Waals surface area contributed by atoms with E-state index in [1.165, 1.54) is 11.1 Å². The molecule has 21 heavy (non-hydrogen) atoms.